The molecule has 0 amide bonds. The van der Waals surface area contributed by atoms with E-state index in [1.54, 1.807) is 0 Å². The molecule has 0 aliphatic heterocycles. The van der Waals surface area contributed by atoms with Gasteiger partial charge in [-0.2, -0.15) is 0 Å². The monoisotopic (exact) mass is 1220 g/mol. The zero-order valence-electron chi connectivity index (χ0n) is 33.6. The van der Waals surface area contributed by atoms with E-state index >= 15 is 0 Å². The maximum atomic E-state index is 10.2. The van der Waals surface area contributed by atoms with E-state index in [-0.39, 0.29) is 43.4 Å². The Morgan fingerprint density at radius 1 is 0.207 bits per heavy atom. The fourth-order valence-corrected chi connectivity index (χ4v) is 5.35. The van der Waals surface area contributed by atoms with Crippen molar-refractivity contribution in [1.29, 1.82) is 0 Å². The number of hydrogen-bond donors (Lipinski definition) is 0. The molecule has 0 fully saturated rings. The van der Waals surface area contributed by atoms with E-state index in [0.29, 0.717) is 51.4 Å². The molecule has 0 aliphatic rings. The van der Waals surface area contributed by atoms with E-state index in [1.807, 2.05) is 55.4 Å². The largest absolute Gasteiger partial charge is 4.00 e. The molecule has 0 spiro atoms. The summed E-state index contributed by atoms with van der Waals surface area (Å²) >= 11 is 80.7. The van der Waals surface area contributed by atoms with Crippen molar-refractivity contribution < 1.29 is 84.3 Å². The molecule has 0 aromatic rings. The zero-order valence-corrected chi connectivity index (χ0v) is 48.8. The summed E-state index contributed by atoms with van der Waals surface area (Å²) < 4.78 is -14.0. The Balaban J connectivity index is -0.0000000565. The summed E-state index contributed by atoms with van der Waals surface area (Å²) in [6, 6.07) is 0. The Morgan fingerprint density at radius 3 is 0.259 bits per heavy atom. The molecule has 8 nitrogen and oxygen atoms in total. The third-order valence-electron chi connectivity index (χ3n) is 4.33. The molecule has 0 aliphatic carbocycles. The first kappa shape index (κ1) is 86.9. The van der Waals surface area contributed by atoms with Gasteiger partial charge in [0.25, 0.3) is 0 Å². The van der Waals surface area contributed by atoms with Gasteiger partial charge in [-0.15, -0.1) is 186 Å². The molecular formula is C32H56Cl16O8Ti2. The third-order valence-corrected chi connectivity index (χ3v) is 7.35. The van der Waals surface area contributed by atoms with E-state index in [2.05, 4.69) is 0 Å². The molecule has 0 saturated carbocycles. The Morgan fingerprint density at radius 2 is 0.259 bits per heavy atom. The fraction of sp³-hybridized carbons (Fsp3) is 1.00. The summed E-state index contributed by atoms with van der Waals surface area (Å²) in [6.07, 6.45) is 8.39. The maximum Gasteiger partial charge on any atom is 4.00 e. The minimum Gasteiger partial charge on any atom is -0.826 e. The number of halogens is 16. The summed E-state index contributed by atoms with van der Waals surface area (Å²) in [4.78, 5) is 0. The smallest absolute Gasteiger partial charge is 0.826 e. The van der Waals surface area contributed by atoms with Gasteiger partial charge in [0.05, 0.1) is 0 Å². The predicted molar refractivity (Wildman–Crippen MR) is 235 cm³/mol. The van der Waals surface area contributed by atoms with Crippen LogP contribution < -0.4 is 40.9 Å². The van der Waals surface area contributed by atoms with Crippen molar-refractivity contribution in [2.24, 2.45) is 0 Å². The molecule has 0 atom stereocenters. The van der Waals surface area contributed by atoms with E-state index in [1.165, 1.54) is 0 Å². The molecule has 0 bridgehead atoms. The predicted octanol–water partition coefficient (Wildman–Crippen LogP) is 10.2. The van der Waals surface area contributed by atoms with Crippen LogP contribution in [-0.2, 0) is 43.4 Å². The molecular weight excluding hydrogens is 1180 g/mol. The van der Waals surface area contributed by atoms with Gasteiger partial charge < -0.3 is 40.9 Å². The number of rotatable bonds is 16. The van der Waals surface area contributed by atoms with Crippen molar-refractivity contribution in [2.75, 3.05) is 0 Å². The van der Waals surface area contributed by atoms with Crippen LogP contribution in [0.5, 0.6) is 0 Å². The van der Waals surface area contributed by atoms with Crippen LogP contribution in [0.15, 0.2) is 0 Å². The second kappa shape index (κ2) is 49.2. The molecule has 0 heterocycles. The van der Waals surface area contributed by atoms with E-state index in [9.17, 15) is 40.9 Å². The number of hydrogen-bond acceptors (Lipinski definition) is 8. The normalized spacial score (nSPS) is 11.6. The topological polar surface area (TPSA) is 184 Å². The first-order valence-electron chi connectivity index (χ1n) is 17.1. The molecule has 352 valence electrons. The molecule has 0 aromatic carbocycles. The minimum absolute atomic E-state index is 0. The van der Waals surface area contributed by atoms with Crippen molar-refractivity contribution in [3.8, 4) is 0 Å². The quantitative estimate of drug-likeness (QED) is 0.108. The van der Waals surface area contributed by atoms with E-state index in [4.69, 9.17) is 186 Å². The summed E-state index contributed by atoms with van der Waals surface area (Å²) in [5.74, 6) is 0. The van der Waals surface area contributed by atoms with Crippen LogP contribution in [0, 0.1) is 0 Å². The molecule has 0 N–H and O–H groups in total. The van der Waals surface area contributed by atoms with Gasteiger partial charge in [0, 0.05) is 36.2 Å². The average Bonchev–Trinajstić information content (AvgIpc) is 2.86. The van der Waals surface area contributed by atoms with Crippen LogP contribution in [-0.4, -0.2) is 36.2 Å². The Kier molecular flexibility index (Phi) is 73.7. The van der Waals surface area contributed by atoms with Gasteiger partial charge >= 0.3 is 43.4 Å². The average molecular weight is 1230 g/mol. The van der Waals surface area contributed by atoms with Crippen molar-refractivity contribution in [2.45, 2.75) is 194 Å². The SMILES string of the molecule is CCCC([O-])(Cl)Cl.CCCC([O-])(Cl)Cl.CCCC([O-])(Cl)Cl.CCCC([O-])(Cl)Cl.CCCC([O-])(Cl)Cl.CCCC([O-])(Cl)Cl.CCCC([O-])(Cl)Cl.CCCC([O-])(Cl)Cl.[Ti+4].[Ti+4]. The van der Waals surface area contributed by atoms with Gasteiger partial charge in [0.1, 0.15) is 0 Å². The molecule has 0 radical (unpaired) electrons. The Bertz CT molecular complexity index is 590. The van der Waals surface area contributed by atoms with Crippen molar-refractivity contribution >= 4 is 186 Å². The fourth-order valence-electron chi connectivity index (χ4n) is 2.33. The molecule has 0 saturated heterocycles. The van der Waals surface area contributed by atoms with Crippen LogP contribution >= 0.6 is 186 Å². The second-order valence-corrected chi connectivity index (χ2v) is 22.4. The zero-order chi connectivity index (χ0) is 47.3. The standard InChI is InChI=1S/8C4H7Cl2O.2Ti/c8*1-2-3-4(5,6)7;;/h8*2-3H2,1H3;;/q8*-1;2*+4. The number of alkyl halides is 16. The summed E-state index contributed by atoms with van der Waals surface area (Å²) in [6.45, 7) is 14.9. The second-order valence-electron chi connectivity index (χ2n) is 11.1. The van der Waals surface area contributed by atoms with Crippen molar-refractivity contribution in [3.05, 3.63) is 0 Å². The Hall–Kier alpha value is 5.75. The molecule has 26 heteroatoms. The first-order valence-corrected chi connectivity index (χ1v) is 23.2. The summed E-state index contributed by atoms with van der Waals surface area (Å²) in [5.41, 5.74) is 0. The molecule has 0 aromatic heterocycles. The molecule has 58 heavy (non-hydrogen) atoms. The van der Waals surface area contributed by atoms with Gasteiger partial charge in [-0.25, -0.2) is 0 Å². The maximum absolute atomic E-state index is 10.2. The van der Waals surface area contributed by atoms with Crippen molar-refractivity contribution in [3.63, 3.8) is 0 Å². The van der Waals surface area contributed by atoms with E-state index < -0.39 is 36.2 Å². The molecule has 0 unspecified atom stereocenters. The summed E-state index contributed by atoms with van der Waals surface area (Å²) in [7, 11) is 0. The van der Waals surface area contributed by atoms with E-state index in [0.717, 1.165) is 51.4 Å². The Labute approximate surface area is 458 Å². The van der Waals surface area contributed by atoms with Gasteiger partial charge in [-0.05, 0) is 51.4 Å². The minimum atomic E-state index is -1.76. The van der Waals surface area contributed by atoms with Gasteiger partial charge in [-0.3, -0.25) is 0 Å². The summed E-state index contributed by atoms with van der Waals surface area (Å²) in [5, 5.41) is 81.9. The molecule has 0 rings (SSSR count). The van der Waals surface area contributed by atoms with Crippen LogP contribution in [0.4, 0.5) is 0 Å². The van der Waals surface area contributed by atoms with Crippen LogP contribution in [0.1, 0.15) is 158 Å². The van der Waals surface area contributed by atoms with Crippen LogP contribution in [0.25, 0.3) is 0 Å². The van der Waals surface area contributed by atoms with Gasteiger partial charge in [0.15, 0.2) is 0 Å². The van der Waals surface area contributed by atoms with Gasteiger partial charge in [-0.1, -0.05) is 107 Å². The van der Waals surface area contributed by atoms with Gasteiger partial charge in [0.2, 0.25) is 0 Å². The van der Waals surface area contributed by atoms with Crippen LogP contribution in [0.2, 0.25) is 0 Å². The van der Waals surface area contributed by atoms with Crippen molar-refractivity contribution in [1.82, 2.24) is 0 Å². The van der Waals surface area contributed by atoms with Crippen LogP contribution in [0.3, 0.4) is 0 Å². The first-order chi connectivity index (χ1) is 24.5. The third kappa shape index (κ3) is 160.